The molecule has 2 heterocycles. The van der Waals surface area contributed by atoms with Gasteiger partial charge in [-0.3, -0.25) is 4.57 Å². The van der Waals surface area contributed by atoms with Gasteiger partial charge >= 0.3 is 5.69 Å². The highest BCUT2D eigenvalue weighted by molar-refractivity contribution is 7.98. The zero-order valence-electron chi connectivity index (χ0n) is 14.7. The average molecular weight is 397 g/mol. The summed E-state index contributed by atoms with van der Waals surface area (Å²) >= 11 is 1.34. The summed E-state index contributed by atoms with van der Waals surface area (Å²) in [4.78, 5) is 16.3. The van der Waals surface area contributed by atoms with Crippen LogP contribution in [0.4, 0.5) is 4.39 Å². The Morgan fingerprint density at radius 1 is 1.11 bits per heavy atom. The molecule has 0 saturated heterocycles. The zero-order chi connectivity index (χ0) is 19.3. The number of benzene rings is 2. The number of halogens is 1. The molecule has 4 aromatic rings. The summed E-state index contributed by atoms with van der Waals surface area (Å²) in [6, 6.07) is 15.8. The summed E-state index contributed by atoms with van der Waals surface area (Å²) in [6.45, 7) is 0.523. The van der Waals surface area contributed by atoms with Crippen molar-refractivity contribution in [1.82, 2.24) is 24.9 Å². The quantitative estimate of drug-likeness (QED) is 0.481. The zero-order valence-corrected chi connectivity index (χ0v) is 15.5. The highest BCUT2D eigenvalue weighted by Crippen LogP contribution is 2.22. The van der Waals surface area contributed by atoms with E-state index in [0.717, 1.165) is 12.0 Å². The van der Waals surface area contributed by atoms with Gasteiger partial charge in [-0.15, -0.1) is 5.10 Å². The highest BCUT2D eigenvalue weighted by atomic mass is 32.2. The van der Waals surface area contributed by atoms with Crippen LogP contribution in [0.3, 0.4) is 0 Å². The molecule has 4 rings (SSSR count). The summed E-state index contributed by atoms with van der Waals surface area (Å²) in [7, 11) is 0. The van der Waals surface area contributed by atoms with Gasteiger partial charge in [0, 0.05) is 12.1 Å². The summed E-state index contributed by atoms with van der Waals surface area (Å²) < 4.78 is 19.8. The standard InChI is InChI=1S/C19H16FN5O2S/c20-15-8-6-14(7-9-15)17-21-16(24-27-17)12-28-19-23-22-18(26)25(19)11-10-13-4-2-1-3-5-13/h1-9H,10-12H2,(H,22,26). The minimum Gasteiger partial charge on any atom is -0.334 e. The Balaban J connectivity index is 1.41. The molecule has 0 spiro atoms. The Kier molecular flexibility index (Phi) is 5.34. The lowest BCUT2D eigenvalue weighted by Gasteiger charge is -2.04. The van der Waals surface area contributed by atoms with Crippen molar-refractivity contribution in [3.8, 4) is 11.5 Å². The van der Waals surface area contributed by atoms with E-state index < -0.39 is 0 Å². The lowest BCUT2D eigenvalue weighted by atomic mass is 10.1. The predicted molar refractivity (Wildman–Crippen MR) is 102 cm³/mol. The fraction of sp³-hybridized carbons (Fsp3) is 0.158. The van der Waals surface area contributed by atoms with E-state index in [9.17, 15) is 9.18 Å². The van der Waals surface area contributed by atoms with Gasteiger partial charge in [-0.05, 0) is 36.2 Å². The number of aryl methyl sites for hydroxylation is 1. The maximum Gasteiger partial charge on any atom is 0.343 e. The summed E-state index contributed by atoms with van der Waals surface area (Å²) in [5.74, 6) is 0.847. The Morgan fingerprint density at radius 2 is 1.89 bits per heavy atom. The van der Waals surface area contributed by atoms with Crippen LogP contribution >= 0.6 is 11.8 Å². The lowest BCUT2D eigenvalue weighted by Crippen LogP contribution is -2.18. The number of nitrogens with zero attached hydrogens (tertiary/aromatic N) is 4. The van der Waals surface area contributed by atoms with E-state index in [1.165, 1.54) is 23.9 Å². The molecule has 7 nitrogen and oxygen atoms in total. The van der Waals surface area contributed by atoms with Crippen molar-refractivity contribution in [3.63, 3.8) is 0 Å². The van der Waals surface area contributed by atoms with Crippen molar-refractivity contribution in [2.75, 3.05) is 0 Å². The molecule has 0 atom stereocenters. The first-order valence-electron chi connectivity index (χ1n) is 8.59. The van der Waals surface area contributed by atoms with Crippen LogP contribution in [0, 0.1) is 5.82 Å². The van der Waals surface area contributed by atoms with Crippen molar-refractivity contribution in [2.24, 2.45) is 0 Å². The smallest absolute Gasteiger partial charge is 0.334 e. The van der Waals surface area contributed by atoms with E-state index in [-0.39, 0.29) is 11.5 Å². The summed E-state index contributed by atoms with van der Waals surface area (Å²) in [6.07, 6.45) is 0.727. The highest BCUT2D eigenvalue weighted by Gasteiger charge is 2.13. The monoisotopic (exact) mass is 397 g/mol. The molecule has 2 aromatic heterocycles. The van der Waals surface area contributed by atoms with E-state index in [0.29, 0.717) is 34.7 Å². The first-order valence-corrected chi connectivity index (χ1v) is 9.58. The fourth-order valence-electron chi connectivity index (χ4n) is 2.65. The molecule has 0 saturated carbocycles. The van der Waals surface area contributed by atoms with Gasteiger partial charge < -0.3 is 4.52 Å². The molecule has 2 aromatic carbocycles. The number of H-pyrrole nitrogens is 1. The van der Waals surface area contributed by atoms with E-state index in [2.05, 4.69) is 20.3 Å². The Bertz CT molecular complexity index is 1110. The second-order valence-corrected chi connectivity index (χ2v) is 6.95. The topological polar surface area (TPSA) is 89.6 Å². The minimum atomic E-state index is -0.328. The fourth-order valence-corrected chi connectivity index (χ4v) is 3.46. The number of aromatic amines is 1. The second-order valence-electron chi connectivity index (χ2n) is 6.01. The van der Waals surface area contributed by atoms with E-state index in [1.54, 1.807) is 16.7 Å². The number of hydrogen-bond donors (Lipinski definition) is 1. The number of rotatable bonds is 7. The number of aromatic nitrogens is 5. The van der Waals surface area contributed by atoms with E-state index in [1.807, 2.05) is 30.3 Å². The van der Waals surface area contributed by atoms with Crippen molar-refractivity contribution in [3.05, 3.63) is 82.3 Å². The Hall–Kier alpha value is -3.20. The molecule has 0 amide bonds. The van der Waals surface area contributed by atoms with Crippen LogP contribution < -0.4 is 5.69 Å². The third-order valence-electron chi connectivity index (χ3n) is 4.08. The van der Waals surface area contributed by atoms with Crippen LogP contribution in [0.5, 0.6) is 0 Å². The van der Waals surface area contributed by atoms with Gasteiger partial charge in [-0.1, -0.05) is 47.3 Å². The number of nitrogens with one attached hydrogen (secondary N) is 1. The molecule has 1 N–H and O–H groups in total. The first-order chi connectivity index (χ1) is 13.7. The molecule has 0 aliphatic heterocycles. The van der Waals surface area contributed by atoms with Crippen LogP contribution in [-0.2, 0) is 18.7 Å². The lowest BCUT2D eigenvalue weighted by molar-refractivity contribution is 0.425. The third kappa shape index (κ3) is 4.20. The van der Waals surface area contributed by atoms with Gasteiger partial charge in [0.2, 0.25) is 0 Å². The van der Waals surface area contributed by atoms with Gasteiger partial charge in [0.1, 0.15) is 5.82 Å². The van der Waals surface area contributed by atoms with Crippen molar-refractivity contribution in [2.45, 2.75) is 23.9 Å². The molecule has 9 heteroatoms. The normalized spacial score (nSPS) is 11.0. The summed E-state index contributed by atoms with van der Waals surface area (Å²) in [5, 5.41) is 11.1. The molecular formula is C19H16FN5O2S. The second kappa shape index (κ2) is 8.22. The molecule has 142 valence electrons. The molecule has 0 radical (unpaired) electrons. The Morgan fingerprint density at radius 3 is 2.68 bits per heavy atom. The maximum atomic E-state index is 13.0. The molecule has 0 aliphatic rings. The van der Waals surface area contributed by atoms with Crippen LogP contribution in [0.2, 0.25) is 0 Å². The predicted octanol–water partition coefficient (Wildman–Crippen LogP) is 3.30. The third-order valence-corrected chi connectivity index (χ3v) is 5.05. The van der Waals surface area contributed by atoms with Gasteiger partial charge in [-0.25, -0.2) is 14.3 Å². The van der Waals surface area contributed by atoms with Crippen LogP contribution in [0.15, 0.2) is 69.1 Å². The largest absolute Gasteiger partial charge is 0.343 e. The minimum absolute atomic E-state index is 0.251. The van der Waals surface area contributed by atoms with Crippen molar-refractivity contribution < 1.29 is 8.91 Å². The van der Waals surface area contributed by atoms with Crippen molar-refractivity contribution >= 4 is 11.8 Å². The van der Waals surface area contributed by atoms with Crippen LogP contribution in [-0.4, -0.2) is 24.9 Å². The van der Waals surface area contributed by atoms with E-state index >= 15 is 0 Å². The Labute approximate surface area is 163 Å². The van der Waals surface area contributed by atoms with Crippen LogP contribution in [0.25, 0.3) is 11.5 Å². The molecule has 0 fully saturated rings. The van der Waals surface area contributed by atoms with E-state index in [4.69, 9.17) is 4.52 Å². The maximum absolute atomic E-state index is 13.0. The van der Waals surface area contributed by atoms with Crippen LogP contribution in [0.1, 0.15) is 11.4 Å². The number of thioether (sulfide) groups is 1. The van der Waals surface area contributed by atoms with Gasteiger partial charge in [0.15, 0.2) is 11.0 Å². The molecule has 0 bridgehead atoms. The van der Waals surface area contributed by atoms with Gasteiger partial charge in [0.25, 0.3) is 5.89 Å². The molecular weight excluding hydrogens is 381 g/mol. The average Bonchev–Trinajstić information content (AvgIpc) is 3.33. The van der Waals surface area contributed by atoms with Gasteiger partial charge in [-0.2, -0.15) is 4.98 Å². The number of hydrogen-bond acceptors (Lipinski definition) is 6. The van der Waals surface area contributed by atoms with Gasteiger partial charge in [0.05, 0.1) is 5.75 Å². The summed E-state index contributed by atoms with van der Waals surface area (Å²) in [5.41, 5.74) is 1.54. The molecule has 28 heavy (non-hydrogen) atoms. The molecule has 0 unspecified atom stereocenters. The molecule has 0 aliphatic carbocycles. The first kappa shape index (κ1) is 18.2. The van der Waals surface area contributed by atoms with Crippen molar-refractivity contribution in [1.29, 1.82) is 0 Å². The SMILES string of the molecule is O=c1[nH]nc(SCc2noc(-c3ccc(F)cc3)n2)n1CCc1ccccc1.